The Bertz CT molecular complexity index is 194. The van der Waals surface area contributed by atoms with Crippen LogP contribution in [0.25, 0.3) is 0 Å². The van der Waals surface area contributed by atoms with E-state index < -0.39 is 0 Å². The smallest absolute Gasteiger partial charge is 0.223 e. The van der Waals surface area contributed by atoms with E-state index in [-0.39, 0.29) is 0 Å². The van der Waals surface area contributed by atoms with Crippen molar-refractivity contribution in [1.29, 1.82) is 0 Å². The lowest BCUT2D eigenvalue weighted by atomic mass is 10.0. The molecule has 1 unspecified atom stereocenters. The van der Waals surface area contributed by atoms with Gasteiger partial charge in [-0.3, -0.25) is 4.79 Å². The molecular weight excluding hydrogens is 188 g/mol. The molecule has 3 nitrogen and oxygen atoms in total. The summed E-state index contributed by atoms with van der Waals surface area (Å²) in [6, 6.07) is 0. The van der Waals surface area contributed by atoms with Gasteiger partial charge in [0.1, 0.15) is 0 Å². The first-order chi connectivity index (χ1) is 7.24. The second-order valence-corrected chi connectivity index (χ2v) is 4.52. The summed E-state index contributed by atoms with van der Waals surface area (Å²) in [6.45, 7) is 8.05. The molecule has 1 amide bonds. The summed E-state index contributed by atoms with van der Waals surface area (Å²) in [5, 5.41) is 3.20. The fourth-order valence-electron chi connectivity index (χ4n) is 2.04. The molecule has 0 radical (unpaired) electrons. The number of likely N-dealkylation sites (tertiary alicyclic amines) is 1. The Morgan fingerprint density at radius 1 is 1.40 bits per heavy atom. The number of rotatable bonds is 4. The predicted octanol–water partition coefficient (Wildman–Crippen LogP) is 1.63. The minimum Gasteiger partial charge on any atom is -0.343 e. The topological polar surface area (TPSA) is 32.3 Å². The Kier molecular flexibility index (Phi) is 5.69. The highest BCUT2D eigenvalue weighted by Crippen LogP contribution is 2.16. The van der Waals surface area contributed by atoms with Gasteiger partial charge in [0.15, 0.2) is 0 Å². The van der Waals surface area contributed by atoms with Gasteiger partial charge in [-0.2, -0.15) is 0 Å². The van der Waals surface area contributed by atoms with Crippen molar-refractivity contribution in [3.8, 4) is 0 Å². The minimum atomic E-state index is 0.324. The normalized spacial score (nSPS) is 22.5. The lowest BCUT2D eigenvalue weighted by molar-refractivity contribution is -0.131. The second kappa shape index (κ2) is 6.83. The Balaban J connectivity index is 2.25. The molecule has 1 atom stereocenters. The third-order valence-corrected chi connectivity index (χ3v) is 3.14. The van der Waals surface area contributed by atoms with Crippen LogP contribution in [0.1, 0.15) is 39.5 Å². The van der Waals surface area contributed by atoms with Crippen LogP contribution in [0.3, 0.4) is 0 Å². The maximum Gasteiger partial charge on any atom is 0.223 e. The number of carbonyl (C=O) groups excluding carboxylic acids is 1. The van der Waals surface area contributed by atoms with Crippen LogP contribution in [0.15, 0.2) is 0 Å². The van der Waals surface area contributed by atoms with E-state index >= 15 is 0 Å². The van der Waals surface area contributed by atoms with E-state index in [4.69, 9.17) is 0 Å². The first-order valence-electron chi connectivity index (χ1n) is 6.22. The van der Waals surface area contributed by atoms with Crippen LogP contribution in [-0.2, 0) is 4.79 Å². The monoisotopic (exact) mass is 212 g/mol. The molecule has 1 rings (SSSR count). The second-order valence-electron chi connectivity index (χ2n) is 4.52. The highest BCUT2D eigenvalue weighted by Gasteiger charge is 2.17. The van der Waals surface area contributed by atoms with Gasteiger partial charge in [0, 0.05) is 26.1 Å². The number of carbonyl (C=O) groups is 1. The van der Waals surface area contributed by atoms with E-state index in [1.807, 2.05) is 4.90 Å². The molecule has 1 aliphatic heterocycles. The molecule has 0 spiro atoms. The molecule has 0 saturated carbocycles. The average molecular weight is 212 g/mol. The van der Waals surface area contributed by atoms with Crippen molar-refractivity contribution < 1.29 is 4.79 Å². The van der Waals surface area contributed by atoms with E-state index in [9.17, 15) is 4.79 Å². The number of hydrogen-bond acceptors (Lipinski definition) is 2. The molecule has 1 N–H and O–H groups in total. The molecule has 0 bridgehead atoms. The Morgan fingerprint density at radius 3 is 2.93 bits per heavy atom. The lowest BCUT2D eigenvalue weighted by Crippen LogP contribution is -2.34. The van der Waals surface area contributed by atoms with Crippen molar-refractivity contribution in [2.75, 3.05) is 26.2 Å². The first kappa shape index (κ1) is 12.5. The van der Waals surface area contributed by atoms with Gasteiger partial charge in [0.25, 0.3) is 0 Å². The number of nitrogens with zero attached hydrogens (tertiary/aromatic N) is 1. The number of hydrogen-bond donors (Lipinski definition) is 1. The van der Waals surface area contributed by atoms with Gasteiger partial charge in [-0.15, -0.1) is 0 Å². The average Bonchev–Trinajstić information content (AvgIpc) is 2.43. The highest BCUT2D eigenvalue weighted by molar-refractivity contribution is 5.76. The summed E-state index contributed by atoms with van der Waals surface area (Å²) >= 11 is 0. The zero-order valence-electron chi connectivity index (χ0n) is 10.1. The molecule has 1 fully saturated rings. The Labute approximate surface area is 93.2 Å². The van der Waals surface area contributed by atoms with Crippen LogP contribution >= 0.6 is 0 Å². The maximum absolute atomic E-state index is 11.8. The molecule has 0 aromatic carbocycles. The van der Waals surface area contributed by atoms with Crippen molar-refractivity contribution in [2.45, 2.75) is 39.5 Å². The predicted molar refractivity (Wildman–Crippen MR) is 62.8 cm³/mol. The van der Waals surface area contributed by atoms with Gasteiger partial charge < -0.3 is 10.2 Å². The van der Waals surface area contributed by atoms with Gasteiger partial charge in [0.05, 0.1) is 0 Å². The minimum absolute atomic E-state index is 0.324. The summed E-state index contributed by atoms with van der Waals surface area (Å²) in [5.41, 5.74) is 0. The lowest BCUT2D eigenvalue weighted by Gasteiger charge is -2.20. The summed E-state index contributed by atoms with van der Waals surface area (Å²) in [4.78, 5) is 13.9. The number of nitrogens with one attached hydrogen (secondary N) is 1. The van der Waals surface area contributed by atoms with Crippen molar-refractivity contribution in [2.24, 2.45) is 5.92 Å². The molecule has 0 aromatic rings. The van der Waals surface area contributed by atoms with Crippen LogP contribution in [0, 0.1) is 5.92 Å². The Morgan fingerprint density at radius 2 is 2.20 bits per heavy atom. The van der Waals surface area contributed by atoms with Crippen molar-refractivity contribution in [3.05, 3.63) is 0 Å². The molecular formula is C12H24N2O. The van der Waals surface area contributed by atoms with E-state index in [1.165, 1.54) is 19.3 Å². The molecule has 0 aliphatic carbocycles. The van der Waals surface area contributed by atoms with E-state index in [1.54, 1.807) is 0 Å². The zero-order valence-corrected chi connectivity index (χ0v) is 10.1. The summed E-state index contributed by atoms with van der Waals surface area (Å²) in [6.07, 6.45) is 4.28. The quantitative estimate of drug-likeness (QED) is 0.718. The maximum atomic E-state index is 11.8. The van der Waals surface area contributed by atoms with Gasteiger partial charge in [0.2, 0.25) is 5.91 Å². The molecule has 1 saturated heterocycles. The van der Waals surface area contributed by atoms with Crippen molar-refractivity contribution in [1.82, 2.24) is 10.2 Å². The van der Waals surface area contributed by atoms with Crippen LogP contribution in [-0.4, -0.2) is 37.0 Å². The highest BCUT2D eigenvalue weighted by atomic mass is 16.2. The zero-order chi connectivity index (χ0) is 11.1. The first-order valence-corrected chi connectivity index (χ1v) is 6.22. The van der Waals surface area contributed by atoms with Crippen molar-refractivity contribution >= 4 is 5.91 Å². The molecule has 15 heavy (non-hydrogen) atoms. The molecule has 1 aliphatic rings. The van der Waals surface area contributed by atoms with Crippen LogP contribution < -0.4 is 5.32 Å². The van der Waals surface area contributed by atoms with Crippen LogP contribution in [0.5, 0.6) is 0 Å². The largest absolute Gasteiger partial charge is 0.343 e. The van der Waals surface area contributed by atoms with Gasteiger partial charge in [-0.25, -0.2) is 0 Å². The van der Waals surface area contributed by atoms with Crippen LogP contribution in [0.2, 0.25) is 0 Å². The van der Waals surface area contributed by atoms with Gasteiger partial charge >= 0.3 is 0 Å². The van der Waals surface area contributed by atoms with E-state index in [0.717, 1.165) is 32.1 Å². The Hall–Kier alpha value is -0.570. The van der Waals surface area contributed by atoms with Gasteiger partial charge in [-0.1, -0.05) is 13.8 Å². The summed E-state index contributed by atoms with van der Waals surface area (Å²) in [7, 11) is 0. The molecule has 0 aromatic heterocycles. The summed E-state index contributed by atoms with van der Waals surface area (Å²) in [5.74, 6) is 1.11. The van der Waals surface area contributed by atoms with Crippen LogP contribution in [0.4, 0.5) is 0 Å². The fraction of sp³-hybridized carbons (Fsp3) is 0.917. The molecule has 88 valence electrons. The molecule has 3 heteroatoms. The third-order valence-electron chi connectivity index (χ3n) is 3.14. The fourth-order valence-corrected chi connectivity index (χ4v) is 2.04. The summed E-state index contributed by atoms with van der Waals surface area (Å²) < 4.78 is 0. The van der Waals surface area contributed by atoms with E-state index in [0.29, 0.717) is 12.3 Å². The third kappa shape index (κ3) is 4.65. The molecule has 1 heterocycles. The number of amides is 1. The SMILES string of the molecule is CCNCCC(=O)N1CCCC(C)CC1. The van der Waals surface area contributed by atoms with Crippen molar-refractivity contribution in [3.63, 3.8) is 0 Å². The standard InChI is InChI=1S/C12H24N2O/c1-3-13-8-6-12(15)14-9-4-5-11(2)7-10-14/h11,13H,3-10H2,1-2H3. The van der Waals surface area contributed by atoms with E-state index in [2.05, 4.69) is 19.2 Å². The van der Waals surface area contributed by atoms with Gasteiger partial charge in [-0.05, 0) is 31.7 Å².